The van der Waals surface area contributed by atoms with Gasteiger partial charge >= 0.3 is 0 Å². The van der Waals surface area contributed by atoms with Crippen molar-refractivity contribution >= 4 is 12.2 Å². The molecule has 0 amide bonds. The van der Waals surface area contributed by atoms with Gasteiger partial charge < -0.3 is 0 Å². The largest absolute Gasteiger partial charge is 0.0622 e. The molecule has 0 nitrogen and oxygen atoms in total. The van der Waals surface area contributed by atoms with Crippen molar-refractivity contribution in [2.24, 2.45) is 0 Å². The number of benzene rings is 2. The number of hydrogen-bond donors (Lipinski definition) is 0. The molecular weight excluding hydrogens is 180 g/mol. The first-order valence-electron chi connectivity index (χ1n) is 5.14. The highest BCUT2D eigenvalue weighted by Gasteiger charge is 1.87. The van der Waals surface area contributed by atoms with E-state index in [0.717, 1.165) is 0 Å². The van der Waals surface area contributed by atoms with Crippen molar-refractivity contribution in [2.75, 3.05) is 0 Å². The van der Waals surface area contributed by atoms with Gasteiger partial charge in [-0.15, -0.1) is 0 Å². The molecule has 0 unspecified atom stereocenters. The molecule has 0 aliphatic heterocycles. The van der Waals surface area contributed by atoms with Crippen molar-refractivity contribution in [3.8, 4) is 0 Å². The summed E-state index contributed by atoms with van der Waals surface area (Å²) < 4.78 is 0. The van der Waals surface area contributed by atoms with E-state index in [-0.39, 0.29) is 0 Å². The fourth-order valence-electron chi connectivity index (χ4n) is 1.53. The molecular formula is C15H14. The second kappa shape index (κ2) is 4.61. The lowest BCUT2D eigenvalue weighted by Crippen LogP contribution is -1.74. The Morgan fingerprint density at radius 3 is 2.13 bits per heavy atom. The van der Waals surface area contributed by atoms with Crippen LogP contribution in [0.3, 0.4) is 0 Å². The van der Waals surface area contributed by atoms with Gasteiger partial charge in [0.2, 0.25) is 0 Å². The van der Waals surface area contributed by atoms with Gasteiger partial charge in [-0.05, 0) is 18.1 Å². The monoisotopic (exact) mass is 194 g/mol. The summed E-state index contributed by atoms with van der Waals surface area (Å²) in [5.74, 6) is 0. The molecule has 0 fully saturated rings. The summed E-state index contributed by atoms with van der Waals surface area (Å²) in [6.45, 7) is 2.11. The van der Waals surface area contributed by atoms with Crippen LogP contribution in [-0.2, 0) is 0 Å². The number of rotatable bonds is 2. The minimum Gasteiger partial charge on any atom is -0.0622 e. The Morgan fingerprint density at radius 1 is 0.733 bits per heavy atom. The highest BCUT2D eigenvalue weighted by Crippen LogP contribution is 2.09. The van der Waals surface area contributed by atoms with Crippen molar-refractivity contribution in [3.05, 3.63) is 71.3 Å². The van der Waals surface area contributed by atoms with Crippen LogP contribution in [0, 0.1) is 6.92 Å². The molecule has 0 saturated heterocycles. The Hall–Kier alpha value is -1.82. The smallest absolute Gasteiger partial charge is 0.0254 e. The number of hydrogen-bond acceptors (Lipinski definition) is 0. The first kappa shape index (κ1) is 9.72. The van der Waals surface area contributed by atoms with Crippen LogP contribution in [0.5, 0.6) is 0 Å². The van der Waals surface area contributed by atoms with E-state index < -0.39 is 0 Å². The lowest BCUT2D eigenvalue weighted by atomic mass is 10.1. The summed E-state index contributed by atoms with van der Waals surface area (Å²) in [6.07, 6.45) is 4.27. The Kier molecular flexibility index (Phi) is 2.99. The van der Waals surface area contributed by atoms with Gasteiger partial charge in [-0.2, -0.15) is 0 Å². The lowest BCUT2D eigenvalue weighted by Gasteiger charge is -1.95. The first-order valence-corrected chi connectivity index (χ1v) is 5.14. The SMILES string of the molecule is Cc1cccc(/C=C/c2ccccc2)c1. The molecule has 0 spiro atoms. The van der Waals surface area contributed by atoms with Crippen molar-refractivity contribution in [1.29, 1.82) is 0 Å². The molecule has 0 heteroatoms. The van der Waals surface area contributed by atoms with Crippen LogP contribution in [-0.4, -0.2) is 0 Å². The van der Waals surface area contributed by atoms with Crippen LogP contribution >= 0.6 is 0 Å². The molecule has 0 radical (unpaired) electrons. The molecule has 0 saturated carbocycles. The summed E-state index contributed by atoms with van der Waals surface area (Å²) in [5, 5.41) is 0. The molecule has 0 bridgehead atoms. The molecule has 0 aromatic heterocycles. The third kappa shape index (κ3) is 2.81. The van der Waals surface area contributed by atoms with E-state index in [9.17, 15) is 0 Å². The standard InChI is InChI=1S/C15H14/c1-13-6-5-9-15(12-13)11-10-14-7-3-2-4-8-14/h2-12H,1H3/b11-10+. The van der Waals surface area contributed by atoms with Crippen LogP contribution < -0.4 is 0 Å². The third-order valence-corrected chi connectivity index (χ3v) is 2.31. The Morgan fingerprint density at radius 2 is 1.40 bits per heavy atom. The lowest BCUT2D eigenvalue weighted by molar-refractivity contribution is 1.46. The summed E-state index contributed by atoms with van der Waals surface area (Å²) in [4.78, 5) is 0. The van der Waals surface area contributed by atoms with Crippen LogP contribution in [0.1, 0.15) is 16.7 Å². The van der Waals surface area contributed by atoms with Gasteiger partial charge in [-0.3, -0.25) is 0 Å². The Bertz CT molecular complexity index is 452. The van der Waals surface area contributed by atoms with E-state index in [1.165, 1.54) is 16.7 Å². The summed E-state index contributed by atoms with van der Waals surface area (Å²) in [7, 11) is 0. The van der Waals surface area contributed by atoms with E-state index in [0.29, 0.717) is 0 Å². The summed E-state index contributed by atoms with van der Waals surface area (Å²) >= 11 is 0. The maximum Gasteiger partial charge on any atom is -0.0254 e. The fourth-order valence-corrected chi connectivity index (χ4v) is 1.53. The molecule has 2 aromatic carbocycles. The second-order valence-corrected chi connectivity index (χ2v) is 3.66. The zero-order valence-electron chi connectivity index (χ0n) is 8.85. The summed E-state index contributed by atoms with van der Waals surface area (Å²) in [6, 6.07) is 18.8. The molecule has 74 valence electrons. The van der Waals surface area contributed by atoms with Gasteiger partial charge in [-0.25, -0.2) is 0 Å². The molecule has 0 heterocycles. The molecule has 0 aliphatic carbocycles. The molecule has 0 atom stereocenters. The molecule has 15 heavy (non-hydrogen) atoms. The number of aryl methyl sites for hydroxylation is 1. The second-order valence-electron chi connectivity index (χ2n) is 3.66. The summed E-state index contributed by atoms with van der Waals surface area (Å²) in [5.41, 5.74) is 3.78. The predicted octanol–water partition coefficient (Wildman–Crippen LogP) is 4.17. The molecule has 2 aromatic rings. The minimum atomic E-state index is 1.24. The predicted molar refractivity (Wildman–Crippen MR) is 66.5 cm³/mol. The van der Waals surface area contributed by atoms with Gasteiger partial charge in [0.1, 0.15) is 0 Å². The zero-order valence-corrected chi connectivity index (χ0v) is 8.85. The minimum absolute atomic E-state index is 1.24. The van der Waals surface area contributed by atoms with Gasteiger partial charge in [0.25, 0.3) is 0 Å². The van der Waals surface area contributed by atoms with Crippen molar-refractivity contribution in [1.82, 2.24) is 0 Å². The van der Waals surface area contributed by atoms with Gasteiger partial charge in [0.05, 0.1) is 0 Å². The van der Waals surface area contributed by atoms with E-state index in [4.69, 9.17) is 0 Å². The molecule has 2 rings (SSSR count). The molecule has 0 aliphatic rings. The molecule has 0 N–H and O–H groups in total. The topological polar surface area (TPSA) is 0 Å². The van der Waals surface area contributed by atoms with E-state index >= 15 is 0 Å². The van der Waals surface area contributed by atoms with Crippen LogP contribution in [0.25, 0.3) is 12.2 Å². The highest BCUT2D eigenvalue weighted by molar-refractivity contribution is 5.69. The maximum atomic E-state index is 2.18. The van der Waals surface area contributed by atoms with Gasteiger partial charge in [-0.1, -0.05) is 72.3 Å². The highest BCUT2D eigenvalue weighted by atomic mass is 13.9. The first-order chi connectivity index (χ1) is 7.34. The average Bonchev–Trinajstić information content (AvgIpc) is 2.28. The van der Waals surface area contributed by atoms with Crippen LogP contribution in [0.4, 0.5) is 0 Å². The zero-order chi connectivity index (χ0) is 10.5. The fraction of sp³-hybridized carbons (Fsp3) is 0.0667. The van der Waals surface area contributed by atoms with Gasteiger partial charge in [0.15, 0.2) is 0 Å². The normalized spacial score (nSPS) is 10.7. The van der Waals surface area contributed by atoms with E-state index in [2.05, 4.69) is 67.6 Å². The van der Waals surface area contributed by atoms with E-state index in [1.54, 1.807) is 0 Å². The maximum absolute atomic E-state index is 2.18. The quantitative estimate of drug-likeness (QED) is 0.629. The van der Waals surface area contributed by atoms with Crippen LogP contribution in [0.2, 0.25) is 0 Å². The van der Waals surface area contributed by atoms with Crippen molar-refractivity contribution < 1.29 is 0 Å². The van der Waals surface area contributed by atoms with Gasteiger partial charge in [0, 0.05) is 0 Å². The Labute approximate surface area is 90.9 Å². The average molecular weight is 194 g/mol. The van der Waals surface area contributed by atoms with Crippen molar-refractivity contribution in [3.63, 3.8) is 0 Å². The van der Waals surface area contributed by atoms with Crippen molar-refractivity contribution in [2.45, 2.75) is 6.92 Å². The Balaban J connectivity index is 2.19. The van der Waals surface area contributed by atoms with E-state index in [1.807, 2.05) is 6.07 Å². The van der Waals surface area contributed by atoms with Crippen LogP contribution in [0.15, 0.2) is 54.6 Å². The third-order valence-electron chi connectivity index (χ3n) is 2.31.